The number of benzene rings is 1. The largest absolute Gasteiger partial charge is 0.490 e. The summed E-state index contributed by atoms with van der Waals surface area (Å²) in [7, 11) is -9.85. The van der Waals surface area contributed by atoms with Crippen LogP contribution in [-0.2, 0) is 20.2 Å². The van der Waals surface area contributed by atoms with E-state index in [0.717, 1.165) is 5.19 Å². The summed E-state index contributed by atoms with van der Waals surface area (Å²) in [6, 6.07) is 6.33. The third-order valence-electron chi connectivity index (χ3n) is 3.69. The Hall–Kier alpha value is -1.14. The quantitative estimate of drug-likeness (QED) is 0.283. The molecule has 0 aliphatic carbocycles. The molecule has 0 amide bonds. The third-order valence-corrected chi connectivity index (χ3v) is 7.92. The molecule has 0 fully saturated rings. The number of ether oxygens (including phenoxy) is 2. The Morgan fingerprint density at radius 1 is 1.08 bits per heavy atom. The lowest BCUT2D eigenvalue weighted by atomic mass is 10.3. The van der Waals surface area contributed by atoms with Crippen molar-refractivity contribution >= 4 is 34.9 Å². The van der Waals surface area contributed by atoms with E-state index in [0.29, 0.717) is 37.2 Å². The minimum absolute atomic E-state index is 0.0409. The van der Waals surface area contributed by atoms with E-state index >= 15 is 0 Å². The van der Waals surface area contributed by atoms with Gasteiger partial charge in [0.1, 0.15) is 5.25 Å². The molecular weight excluding hydrogens is 400 g/mol. The number of hydrogen-bond donors (Lipinski definition) is 2. The molecule has 1 aromatic rings. The standard InChI is InChI=1S/C15H26O8S2Si/c1-3-22-13-8-5-9-14(15(13)23-4-2)26-10-6-7-12(25(19,20)21)11-24(16,17)18/h5,8-9,12H,3-4,6-7,10-11,26H2,1-2H3,(H,16,17,18)(H,19,20,21). The molecule has 0 saturated heterocycles. The zero-order chi connectivity index (χ0) is 19.8. The van der Waals surface area contributed by atoms with Crippen molar-refractivity contribution in [2.24, 2.45) is 0 Å². The zero-order valence-corrected chi connectivity index (χ0v) is 18.0. The van der Waals surface area contributed by atoms with Gasteiger partial charge in [-0.05, 0) is 31.5 Å². The summed E-state index contributed by atoms with van der Waals surface area (Å²) in [5.41, 5.74) is 0. The van der Waals surface area contributed by atoms with Crippen LogP contribution in [0.1, 0.15) is 26.7 Å². The van der Waals surface area contributed by atoms with Crippen molar-refractivity contribution in [2.75, 3.05) is 19.0 Å². The minimum atomic E-state index is -4.54. The normalized spacial score (nSPS) is 13.8. The first-order valence-corrected chi connectivity index (χ1v) is 13.2. The van der Waals surface area contributed by atoms with Gasteiger partial charge >= 0.3 is 0 Å². The Morgan fingerprint density at radius 3 is 2.27 bits per heavy atom. The maximum atomic E-state index is 11.3. The Bertz CT molecular complexity index is 777. The fourth-order valence-corrected chi connectivity index (χ4v) is 6.61. The third kappa shape index (κ3) is 8.04. The second kappa shape index (κ2) is 10.3. The second-order valence-electron chi connectivity index (χ2n) is 5.74. The molecule has 1 rings (SSSR count). The van der Waals surface area contributed by atoms with Gasteiger partial charge < -0.3 is 9.47 Å². The van der Waals surface area contributed by atoms with Crippen LogP contribution in [0.2, 0.25) is 6.04 Å². The van der Waals surface area contributed by atoms with Gasteiger partial charge in [-0.3, -0.25) is 9.11 Å². The van der Waals surface area contributed by atoms with E-state index in [1.807, 2.05) is 32.0 Å². The van der Waals surface area contributed by atoms with Crippen LogP contribution in [0.15, 0.2) is 18.2 Å². The van der Waals surface area contributed by atoms with Crippen LogP contribution in [0.25, 0.3) is 0 Å². The molecule has 1 atom stereocenters. The first-order chi connectivity index (χ1) is 12.1. The Morgan fingerprint density at radius 2 is 1.73 bits per heavy atom. The highest BCUT2D eigenvalue weighted by Gasteiger charge is 2.27. The predicted molar refractivity (Wildman–Crippen MR) is 103 cm³/mol. The number of para-hydroxylation sites is 1. The van der Waals surface area contributed by atoms with E-state index < -0.39 is 40.8 Å². The van der Waals surface area contributed by atoms with Gasteiger partial charge in [-0.1, -0.05) is 24.6 Å². The average Bonchev–Trinajstić information content (AvgIpc) is 2.51. The van der Waals surface area contributed by atoms with Gasteiger partial charge in [0.2, 0.25) is 0 Å². The van der Waals surface area contributed by atoms with E-state index in [1.54, 1.807) is 0 Å². The van der Waals surface area contributed by atoms with E-state index in [1.165, 1.54) is 0 Å². The van der Waals surface area contributed by atoms with Crippen molar-refractivity contribution in [2.45, 2.75) is 38.0 Å². The number of rotatable bonds is 12. The molecule has 2 N–H and O–H groups in total. The maximum absolute atomic E-state index is 11.3. The molecule has 1 aromatic carbocycles. The second-order valence-corrected chi connectivity index (χ2v) is 10.9. The van der Waals surface area contributed by atoms with Crippen LogP contribution in [-0.4, -0.2) is 59.7 Å². The van der Waals surface area contributed by atoms with Gasteiger partial charge in [0, 0.05) is 0 Å². The molecule has 8 nitrogen and oxygen atoms in total. The van der Waals surface area contributed by atoms with Gasteiger partial charge in [0.15, 0.2) is 11.5 Å². The summed E-state index contributed by atoms with van der Waals surface area (Å²) in [6.07, 6.45) is 0.372. The van der Waals surface area contributed by atoms with Crippen LogP contribution in [0, 0.1) is 0 Å². The minimum Gasteiger partial charge on any atom is -0.490 e. The zero-order valence-electron chi connectivity index (χ0n) is 14.9. The molecule has 26 heavy (non-hydrogen) atoms. The Balaban J connectivity index is 2.73. The maximum Gasteiger partial charge on any atom is 0.268 e. The molecule has 0 aliphatic rings. The fourth-order valence-electron chi connectivity index (χ4n) is 2.58. The predicted octanol–water partition coefficient (Wildman–Crippen LogP) is 0.621. The Kier molecular flexibility index (Phi) is 9.03. The smallest absolute Gasteiger partial charge is 0.268 e. The molecule has 0 aromatic heterocycles. The average molecular weight is 427 g/mol. The lowest BCUT2D eigenvalue weighted by molar-refractivity contribution is 0.289. The molecule has 0 bridgehead atoms. The van der Waals surface area contributed by atoms with Crippen molar-refractivity contribution in [1.82, 2.24) is 0 Å². The van der Waals surface area contributed by atoms with Crippen molar-refractivity contribution in [1.29, 1.82) is 0 Å². The summed E-state index contributed by atoms with van der Waals surface area (Å²) < 4.78 is 73.6. The highest BCUT2D eigenvalue weighted by Crippen LogP contribution is 2.25. The van der Waals surface area contributed by atoms with Crippen LogP contribution < -0.4 is 14.7 Å². The summed E-state index contributed by atoms with van der Waals surface area (Å²) in [4.78, 5) is 0. The first-order valence-electron chi connectivity index (χ1n) is 8.37. The van der Waals surface area contributed by atoms with Gasteiger partial charge in [0.05, 0.1) is 28.5 Å². The van der Waals surface area contributed by atoms with Crippen molar-refractivity contribution < 1.29 is 35.4 Å². The summed E-state index contributed by atoms with van der Waals surface area (Å²) in [5, 5.41) is -0.483. The summed E-state index contributed by atoms with van der Waals surface area (Å²) >= 11 is 0. The molecule has 0 aliphatic heterocycles. The highest BCUT2D eigenvalue weighted by atomic mass is 32.2. The first kappa shape index (κ1) is 22.9. The van der Waals surface area contributed by atoms with Crippen molar-refractivity contribution in [3.63, 3.8) is 0 Å². The van der Waals surface area contributed by atoms with Gasteiger partial charge in [-0.2, -0.15) is 16.8 Å². The van der Waals surface area contributed by atoms with E-state index in [-0.39, 0.29) is 6.42 Å². The van der Waals surface area contributed by atoms with Gasteiger partial charge in [-0.25, -0.2) is 0 Å². The van der Waals surface area contributed by atoms with Crippen LogP contribution in [0.4, 0.5) is 0 Å². The van der Waals surface area contributed by atoms with E-state index in [2.05, 4.69) is 0 Å². The molecule has 0 spiro atoms. The summed E-state index contributed by atoms with van der Waals surface area (Å²) in [6.45, 7) is 4.76. The van der Waals surface area contributed by atoms with Gasteiger partial charge in [0.25, 0.3) is 20.2 Å². The summed E-state index contributed by atoms with van der Waals surface area (Å²) in [5.74, 6) is 0.367. The number of hydrogen-bond acceptors (Lipinski definition) is 6. The molecule has 150 valence electrons. The molecular formula is C15H26O8S2Si. The fraction of sp³-hybridized carbons (Fsp3) is 0.600. The van der Waals surface area contributed by atoms with E-state index in [4.69, 9.17) is 18.6 Å². The molecule has 11 heteroatoms. The highest BCUT2D eigenvalue weighted by molar-refractivity contribution is 7.90. The molecule has 0 saturated carbocycles. The van der Waals surface area contributed by atoms with Crippen LogP contribution in [0.5, 0.6) is 11.5 Å². The topological polar surface area (TPSA) is 127 Å². The SMILES string of the molecule is CCOc1cccc([SiH2]CCCC(CS(=O)(=O)O)S(=O)(=O)O)c1OCC. The Labute approximate surface area is 157 Å². The lowest BCUT2D eigenvalue weighted by Gasteiger charge is -2.15. The van der Waals surface area contributed by atoms with E-state index in [9.17, 15) is 16.8 Å². The molecule has 1 unspecified atom stereocenters. The monoisotopic (exact) mass is 426 g/mol. The van der Waals surface area contributed by atoms with Crippen LogP contribution in [0.3, 0.4) is 0 Å². The molecule has 0 heterocycles. The molecule has 0 radical (unpaired) electrons. The van der Waals surface area contributed by atoms with Crippen molar-refractivity contribution in [3.05, 3.63) is 18.2 Å². The van der Waals surface area contributed by atoms with Crippen LogP contribution >= 0.6 is 0 Å². The van der Waals surface area contributed by atoms with Gasteiger partial charge in [-0.15, -0.1) is 0 Å². The lowest BCUT2D eigenvalue weighted by Crippen LogP contribution is -2.29. The van der Waals surface area contributed by atoms with Crippen molar-refractivity contribution in [3.8, 4) is 11.5 Å².